The van der Waals surface area contributed by atoms with Crippen molar-refractivity contribution in [2.24, 2.45) is 16.7 Å². The van der Waals surface area contributed by atoms with Crippen LogP contribution >= 0.6 is 0 Å². The quantitative estimate of drug-likeness (QED) is 0.907. The first-order valence-electron chi connectivity index (χ1n) is 8.22. The molecule has 2 unspecified atom stereocenters. The summed E-state index contributed by atoms with van der Waals surface area (Å²) in [6, 6.07) is 1.60. The molecule has 1 aromatic rings. The molecule has 0 saturated heterocycles. The number of nitrogens with one attached hydrogen (secondary N) is 1. The smallest absolute Gasteiger partial charge is 0.141 e. The van der Waals surface area contributed by atoms with Gasteiger partial charge in [0.25, 0.3) is 0 Å². The summed E-state index contributed by atoms with van der Waals surface area (Å²) in [7, 11) is 0. The highest BCUT2D eigenvalue weighted by Crippen LogP contribution is 2.66. The topological polar surface area (TPSA) is 24.9 Å². The summed E-state index contributed by atoms with van der Waals surface area (Å²) in [4.78, 5) is 3.96. The molecule has 2 atom stereocenters. The Morgan fingerprint density at radius 2 is 1.86 bits per heavy atom. The lowest BCUT2D eigenvalue weighted by Gasteiger charge is -2.65. The van der Waals surface area contributed by atoms with Gasteiger partial charge in [0.15, 0.2) is 0 Å². The third kappa shape index (κ3) is 2.40. The molecule has 0 spiro atoms. The van der Waals surface area contributed by atoms with Crippen molar-refractivity contribution in [1.29, 1.82) is 0 Å². The van der Waals surface area contributed by atoms with Gasteiger partial charge in [0, 0.05) is 18.3 Å². The van der Waals surface area contributed by atoms with Gasteiger partial charge in [-0.05, 0) is 66.9 Å². The fourth-order valence-electron chi connectivity index (χ4n) is 6.49. The van der Waals surface area contributed by atoms with Crippen LogP contribution in [-0.2, 0) is 6.54 Å². The van der Waals surface area contributed by atoms with E-state index < -0.39 is 0 Å². The highest BCUT2D eigenvalue weighted by molar-refractivity contribution is 5.16. The van der Waals surface area contributed by atoms with Gasteiger partial charge in [0.1, 0.15) is 5.82 Å². The number of hydrogen-bond donors (Lipinski definition) is 1. The largest absolute Gasteiger partial charge is 0.307 e. The Hall–Kier alpha value is -0.960. The van der Waals surface area contributed by atoms with E-state index in [9.17, 15) is 4.39 Å². The van der Waals surface area contributed by atoms with Crippen molar-refractivity contribution in [3.05, 3.63) is 29.8 Å². The summed E-state index contributed by atoms with van der Waals surface area (Å²) in [5.74, 6) is 0.646. The first-order valence-corrected chi connectivity index (χ1v) is 8.22. The maximum Gasteiger partial charge on any atom is 0.141 e. The van der Waals surface area contributed by atoms with E-state index in [4.69, 9.17) is 0 Å². The molecule has 1 heterocycles. The molecule has 4 aliphatic carbocycles. The number of halogens is 1. The summed E-state index contributed by atoms with van der Waals surface area (Å²) in [5, 5.41) is 3.81. The van der Waals surface area contributed by atoms with E-state index in [1.54, 1.807) is 12.3 Å². The molecule has 21 heavy (non-hydrogen) atoms. The van der Waals surface area contributed by atoms with Crippen LogP contribution < -0.4 is 5.32 Å². The van der Waals surface area contributed by atoms with Crippen LogP contribution in [0, 0.1) is 22.6 Å². The van der Waals surface area contributed by atoms with E-state index in [2.05, 4.69) is 24.1 Å². The molecule has 4 bridgehead atoms. The number of nitrogens with zero attached hydrogens (tertiary/aromatic N) is 1. The molecule has 1 aromatic heterocycles. The minimum atomic E-state index is -0.237. The zero-order valence-corrected chi connectivity index (χ0v) is 13.1. The van der Waals surface area contributed by atoms with Gasteiger partial charge >= 0.3 is 0 Å². The van der Waals surface area contributed by atoms with E-state index in [0.29, 0.717) is 10.8 Å². The average Bonchev–Trinajstić information content (AvgIpc) is 2.32. The molecule has 0 amide bonds. The average molecular weight is 288 g/mol. The molecule has 114 valence electrons. The third-order valence-corrected chi connectivity index (χ3v) is 6.06. The van der Waals surface area contributed by atoms with Crippen molar-refractivity contribution >= 4 is 0 Å². The van der Waals surface area contributed by atoms with Crippen LogP contribution in [0.15, 0.2) is 18.5 Å². The molecule has 0 aromatic carbocycles. The second-order valence-corrected chi connectivity index (χ2v) is 8.78. The van der Waals surface area contributed by atoms with Gasteiger partial charge < -0.3 is 5.32 Å². The Kier molecular flexibility index (Phi) is 2.79. The molecule has 0 aliphatic heterocycles. The van der Waals surface area contributed by atoms with Crippen LogP contribution in [0.2, 0.25) is 0 Å². The third-order valence-electron chi connectivity index (χ3n) is 6.06. The SMILES string of the molecule is CC12CC3CC(C)(C1)CC(NCc1cncc(F)c1)(C3)C2. The fourth-order valence-corrected chi connectivity index (χ4v) is 6.49. The van der Waals surface area contributed by atoms with Crippen molar-refractivity contribution in [3.63, 3.8) is 0 Å². The summed E-state index contributed by atoms with van der Waals surface area (Å²) < 4.78 is 13.3. The number of aromatic nitrogens is 1. The van der Waals surface area contributed by atoms with Gasteiger partial charge in [-0.3, -0.25) is 4.98 Å². The van der Waals surface area contributed by atoms with E-state index >= 15 is 0 Å². The minimum Gasteiger partial charge on any atom is -0.307 e. The molecule has 2 nitrogen and oxygen atoms in total. The predicted octanol–water partition coefficient (Wildman–Crippen LogP) is 4.06. The second-order valence-electron chi connectivity index (χ2n) is 8.78. The zero-order chi connectivity index (χ0) is 14.7. The maximum atomic E-state index is 13.3. The summed E-state index contributed by atoms with van der Waals surface area (Å²) in [6.45, 7) is 5.70. The number of rotatable bonds is 3. The fraction of sp³-hybridized carbons (Fsp3) is 0.722. The Labute approximate surface area is 126 Å². The molecular formula is C18H25FN2. The number of hydrogen-bond acceptors (Lipinski definition) is 2. The molecule has 1 N–H and O–H groups in total. The lowest BCUT2D eigenvalue weighted by atomic mass is 9.43. The predicted molar refractivity (Wildman–Crippen MR) is 81.2 cm³/mol. The molecule has 0 radical (unpaired) electrons. The Morgan fingerprint density at radius 3 is 2.48 bits per heavy atom. The van der Waals surface area contributed by atoms with Crippen LogP contribution in [0.25, 0.3) is 0 Å². The van der Waals surface area contributed by atoms with Gasteiger partial charge in [0.2, 0.25) is 0 Å². The van der Waals surface area contributed by atoms with Crippen LogP contribution in [0.3, 0.4) is 0 Å². The number of pyridine rings is 1. The first kappa shape index (κ1) is 13.7. The zero-order valence-electron chi connectivity index (χ0n) is 13.1. The molecule has 4 saturated carbocycles. The van der Waals surface area contributed by atoms with Crippen LogP contribution in [0.5, 0.6) is 0 Å². The Balaban J connectivity index is 1.54. The minimum absolute atomic E-state index is 0.237. The van der Waals surface area contributed by atoms with Gasteiger partial charge in [-0.1, -0.05) is 13.8 Å². The Bertz CT molecular complexity index is 552. The molecule has 5 rings (SSSR count). The monoisotopic (exact) mass is 288 g/mol. The second kappa shape index (κ2) is 4.28. The molecule has 4 fully saturated rings. The first-order chi connectivity index (χ1) is 9.88. The van der Waals surface area contributed by atoms with Crippen molar-refractivity contribution in [2.75, 3.05) is 0 Å². The van der Waals surface area contributed by atoms with E-state index in [1.165, 1.54) is 44.7 Å². The highest BCUT2D eigenvalue weighted by Gasteiger charge is 2.59. The summed E-state index contributed by atoms with van der Waals surface area (Å²) in [6.07, 6.45) is 11.1. The van der Waals surface area contributed by atoms with Crippen molar-refractivity contribution in [1.82, 2.24) is 10.3 Å². The lowest BCUT2D eigenvalue weighted by molar-refractivity contribution is -0.118. The standard InChI is InChI=1S/C18H25FN2/c1-16-4-14-5-17(2,10-16)12-18(6-14,11-16)21-8-13-3-15(19)9-20-7-13/h3,7,9,14,21H,4-6,8,10-12H2,1-2H3. The van der Waals surface area contributed by atoms with E-state index in [-0.39, 0.29) is 11.4 Å². The van der Waals surface area contributed by atoms with E-state index in [1.807, 2.05) is 0 Å². The molecule has 3 heteroatoms. The summed E-state index contributed by atoms with van der Waals surface area (Å²) >= 11 is 0. The van der Waals surface area contributed by atoms with Gasteiger partial charge in [-0.25, -0.2) is 4.39 Å². The van der Waals surface area contributed by atoms with Crippen LogP contribution in [0.4, 0.5) is 4.39 Å². The maximum absolute atomic E-state index is 13.3. The van der Waals surface area contributed by atoms with Crippen LogP contribution in [-0.4, -0.2) is 10.5 Å². The van der Waals surface area contributed by atoms with Crippen LogP contribution in [0.1, 0.15) is 57.9 Å². The molecule has 4 aliphatic rings. The van der Waals surface area contributed by atoms with Gasteiger partial charge in [-0.2, -0.15) is 0 Å². The lowest BCUT2D eigenvalue weighted by Crippen LogP contribution is -2.63. The van der Waals surface area contributed by atoms with E-state index in [0.717, 1.165) is 18.0 Å². The normalized spacial score (nSPS) is 44.2. The van der Waals surface area contributed by atoms with Crippen molar-refractivity contribution < 1.29 is 4.39 Å². The van der Waals surface area contributed by atoms with Crippen molar-refractivity contribution in [3.8, 4) is 0 Å². The summed E-state index contributed by atoms with van der Waals surface area (Å²) in [5.41, 5.74) is 2.26. The van der Waals surface area contributed by atoms with Gasteiger partial charge in [0.05, 0.1) is 6.20 Å². The van der Waals surface area contributed by atoms with Gasteiger partial charge in [-0.15, -0.1) is 0 Å². The van der Waals surface area contributed by atoms with Crippen molar-refractivity contribution in [2.45, 2.75) is 64.5 Å². The molecular weight excluding hydrogens is 263 g/mol. The highest BCUT2D eigenvalue weighted by atomic mass is 19.1. The Morgan fingerprint density at radius 1 is 1.14 bits per heavy atom.